The second kappa shape index (κ2) is 9.11. The minimum atomic E-state index is -0.488. The Morgan fingerprint density at radius 1 is 1.48 bits per heavy atom. The Hall–Kier alpha value is -0.990. The molecule has 1 amide bonds. The van der Waals surface area contributed by atoms with Crippen LogP contribution in [0.2, 0.25) is 0 Å². The average Bonchev–Trinajstić information content (AvgIpc) is 2.45. The van der Waals surface area contributed by atoms with Gasteiger partial charge in [0.1, 0.15) is 12.0 Å². The van der Waals surface area contributed by atoms with E-state index < -0.39 is 6.10 Å². The molecular weight excluding hydrogens is 294 g/mol. The van der Waals surface area contributed by atoms with Gasteiger partial charge in [0.05, 0.1) is 12.2 Å². The van der Waals surface area contributed by atoms with Gasteiger partial charge >= 0.3 is 6.09 Å². The number of hydrogen-bond donors (Lipinski definition) is 2. The van der Waals surface area contributed by atoms with Crippen molar-refractivity contribution in [1.82, 2.24) is 4.90 Å². The fourth-order valence-electron chi connectivity index (χ4n) is 2.06. The van der Waals surface area contributed by atoms with Gasteiger partial charge in [-0.2, -0.15) is 0 Å². The summed E-state index contributed by atoms with van der Waals surface area (Å²) in [5.74, 6) is 0. The van der Waals surface area contributed by atoms with Gasteiger partial charge < -0.3 is 25.2 Å². The number of thioether (sulfide) groups is 1. The molecule has 1 aliphatic heterocycles. The van der Waals surface area contributed by atoms with Crippen LogP contribution in [0.25, 0.3) is 0 Å². The van der Waals surface area contributed by atoms with Crippen molar-refractivity contribution in [3.05, 3.63) is 0 Å². The van der Waals surface area contributed by atoms with Gasteiger partial charge in [-0.05, 0) is 13.8 Å². The van der Waals surface area contributed by atoms with Crippen LogP contribution in [0.15, 0.2) is 4.99 Å². The maximum atomic E-state index is 11.8. The van der Waals surface area contributed by atoms with Gasteiger partial charge in [0.25, 0.3) is 0 Å². The molecule has 0 saturated carbocycles. The molecule has 3 N–H and O–H groups in total. The Bertz CT molecular complexity index is 363. The summed E-state index contributed by atoms with van der Waals surface area (Å²) in [6.45, 7) is 5.12. The molecule has 0 spiro atoms. The first kappa shape index (κ1) is 18.1. The van der Waals surface area contributed by atoms with Crippen LogP contribution in [0.5, 0.6) is 0 Å². The summed E-state index contributed by atoms with van der Waals surface area (Å²) in [5, 5.41) is 10.3. The summed E-state index contributed by atoms with van der Waals surface area (Å²) in [7, 11) is 1.60. The SMILES string of the molecule is CCN(CC)C(=O)OCC1CC(O)CC(SC(N)=NC)O1. The normalized spacial score (nSPS) is 26.5. The predicted molar refractivity (Wildman–Crippen MR) is 83.3 cm³/mol. The lowest BCUT2D eigenvalue weighted by molar-refractivity contribution is -0.0819. The number of nitrogens with two attached hydrogens (primary N) is 1. The van der Waals surface area contributed by atoms with Gasteiger partial charge in [-0.25, -0.2) is 4.79 Å². The van der Waals surface area contributed by atoms with Crippen molar-refractivity contribution >= 4 is 23.0 Å². The van der Waals surface area contributed by atoms with Crippen molar-refractivity contribution in [2.24, 2.45) is 10.7 Å². The van der Waals surface area contributed by atoms with Crippen LogP contribution >= 0.6 is 11.8 Å². The van der Waals surface area contributed by atoms with Gasteiger partial charge in [-0.1, -0.05) is 11.8 Å². The minimum absolute atomic E-state index is 0.132. The number of aliphatic hydroxyl groups is 1. The van der Waals surface area contributed by atoms with Crippen molar-refractivity contribution in [2.45, 2.75) is 44.3 Å². The molecule has 0 aromatic carbocycles. The largest absolute Gasteiger partial charge is 0.447 e. The van der Waals surface area contributed by atoms with Crippen LogP contribution < -0.4 is 5.73 Å². The molecular formula is C13H25N3O4S. The monoisotopic (exact) mass is 319 g/mol. The summed E-state index contributed by atoms with van der Waals surface area (Å²) >= 11 is 1.27. The van der Waals surface area contributed by atoms with E-state index in [0.29, 0.717) is 31.1 Å². The molecule has 0 bridgehead atoms. The summed E-state index contributed by atoms with van der Waals surface area (Å²) < 4.78 is 11.0. The highest BCUT2D eigenvalue weighted by Crippen LogP contribution is 2.27. The van der Waals surface area contributed by atoms with Crippen molar-refractivity contribution in [1.29, 1.82) is 0 Å². The molecule has 1 saturated heterocycles. The van der Waals surface area contributed by atoms with Crippen molar-refractivity contribution in [2.75, 3.05) is 26.7 Å². The van der Waals surface area contributed by atoms with Gasteiger partial charge in [0.15, 0.2) is 5.17 Å². The van der Waals surface area contributed by atoms with E-state index in [4.69, 9.17) is 15.2 Å². The van der Waals surface area contributed by atoms with E-state index in [1.165, 1.54) is 11.8 Å². The van der Waals surface area contributed by atoms with E-state index >= 15 is 0 Å². The summed E-state index contributed by atoms with van der Waals surface area (Å²) in [5.41, 5.74) is 5.38. The number of rotatable bonds is 5. The maximum Gasteiger partial charge on any atom is 0.409 e. The highest BCUT2D eigenvalue weighted by atomic mass is 32.2. The number of nitrogens with zero attached hydrogens (tertiary/aromatic N) is 2. The second-order valence-corrected chi connectivity index (χ2v) is 5.92. The van der Waals surface area contributed by atoms with E-state index in [2.05, 4.69) is 4.99 Å². The number of hydrogen-bond acceptors (Lipinski definition) is 6. The van der Waals surface area contributed by atoms with Crippen LogP contribution in [-0.2, 0) is 9.47 Å². The molecule has 0 radical (unpaired) electrons. The quantitative estimate of drug-likeness (QED) is 0.580. The summed E-state index contributed by atoms with van der Waals surface area (Å²) in [6, 6.07) is 0. The van der Waals surface area contributed by atoms with E-state index in [9.17, 15) is 9.90 Å². The number of carbonyl (C=O) groups excluding carboxylic acids is 1. The van der Waals surface area contributed by atoms with Crippen molar-refractivity contribution in [3.8, 4) is 0 Å². The highest BCUT2D eigenvalue weighted by molar-refractivity contribution is 8.14. The van der Waals surface area contributed by atoms with Crippen LogP contribution in [0.3, 0.4) is 0 Å². The zero-order chi connectivity index (χ0) is 15.8. The molecule has 0 aromatic rings. The molecule has 1 aliphatic rings. The molecule has 122 valence electrons. The minimum Gasteiger partial charge on any atom is -0.447 e. The molecule has 3 atom stereocenters. The van der Waals surface area contributed by atoms with Crippen LogP contribution in [0.1, 0.15) is 26.7 Å². The first-order valence-corrected chi connectivity index (χ1v) is 8.02. The fourth-order valence-corrected chi connectivity index (χ4v) is 2.96. The lowest BCUT2D eigenvalue weighted by Gasteiger charge is -2.32. The van der Waals surface area contributed by atoms with E-state index in [-0.39, 0.29) is 24.2 Å². The topological polar surface area (TPSA) is 97.4 Å². The summed E-state index contributed by atoms with van der Waals surface area (Å²) in [6.07, 6.45) is -0.233. The molecule has 7 nitrogen and oxygen atoms in total. The third-order valence-electron chi connectivity index (χ3n) is 3.23. The Balaban J connectivity index is 2.45. The van der Waals surface area contributed by atoms with Crippen molar-refractivity contribution < 1.29 is 19.4 Å². The number of amidine groups is 1. The van der Waals surface area contributed by atoms with Gasteiger partial charge in [-0.3, -0.25) is 4.99 Å². The fraction of sp³-hybridized carbons (Fsp3) is 0.846. The number of aliphatic imine (C=N–C) groups is 1. The molecule has 1 heterocycles. The predicted octanol–water partition coefficient (Wildman–Crippen LogP) is 1.01. The number of ether oxygens (including phenoxy) is 2. The lowest BCUT2D eigenvalue weighted by Crippen LogP contribution is -2.40. The first-order valence-electron chi connectivity index (χ1n) is 7.14. The highest BCUT2D eigenvalue weighted by Gasteiger charge is 2.30. The third kappa shape index (κ3) is 6.11. The first-order chi connectivity index (χ1) is 9.99. The van der Waals surface area contributed by atoms with E-state index in [1.54, 1.807) is 11.9 Å². The standard InChI is InChI=1S/C13H25N3O4S/c1-4-16(5-2)13(18)19-8-10-6-9(17)7-11(20-10)21-12(14)15-3/h9-11,17H,4-8H2,1-3H3,(H2,14,15). The van der Waals surface area contributed by atoms with Gasteiger partial charge in [-0.15, -0.1) is 0 Å². The van der Waals surface area contributed by atoms with Gasteiger partial charge in [0, 0.05) is 33.0 Å². The molecule has 0 aliphatic carbocycles. The smallest absolute Gasteiger partial charge is 0.409 e. The zero-order valence-electron chi connectivity index (χ0n) is 12.8. The molecule has 8 heteroatoms. The Morgan fingerprint density at radius 2 is 2.14 bits per heavy atom. The van der Waals surface area contributed by atoms with Crippen LogP contribution in [-0.4, -0.2) is 65.7 Å². The number of aliphatic hydroxyl groups excluding tert-OH is 1. The van der Waals surface area contributed by atoms with E-state index in [0.717, 1.165) is 0 Å². The molecule has 1 rings (SSSR count). The molecule has 1 fully saturated rings. The van der Waals surface area contributed by atoms with E-state index in [1.807, 2.05) is 13.8 Å². The van der Waals surface area contributed by atoms with Crippen LogP contribution in [0.4, 0.5) is 4.79 Å². The zero-order valence-corrected chi connectivity index (χ0v) is 13.6. The molecule has 3 unspecified atom stereocenters. The van der Waals surface area contributed by atoms with Gasteiger partial charge in [0.2, 0.25) is 0 Å². The molecule has 0 aromatic heterocycles. The third-order valence-corrected chi connectivity index (χ3v) is 4.22. The number of carbonyl (C=O) groups is 1. The second-order valence-electron chi connectivity index (χ2n) is 4.74. The number of amides is 1. The Kier molecular flexibility index (Phi) is 7.84. The Morgan fingerprint density at radius 3 is 2.71 bits per heavy atom. The maximum absolute atomic E-state index is 11.8. The summed E-state index contributed by atoms with van der Waals surface area (Å²) in [4.78, 5) is 17.2. The molecule has 21 heavy (non-hydrogen) atoms. The van der Waals surface area contributed by atoms with Crippen molar-refractivity contribution in [3.63, 3.8) is 0 Å². The average molecular weight is 319 g/mol. The van der Waals surface area contributed by atoms with Crippen LogP contribution in [0, 0.1) is 0 Å². The Labute approximate surface area is 129 Å². The lowest BCUT2D eigenvalue weighted by atomic mass is 10.1.